The minimum atomic E-state index is -0.591. The lowest BCUT2D eigenvalue weighted by molar-refractivity contribution is -0.385. The molecule has 3 aromatic carbocycles. The molecule has 0 aliphatic heterocycles. The van der Waals surface area contributed by atoms with E-state index in [1.165, 1.54) is 30.1 Å². The predicted octanol–water partition coefficient (Wildman–Crippen LogP) is 4.30. The number of fused-ring (bicyclic) bond motifs is 1. The topological polar surface area (TPSA) is 121 Å². The minimum Gasteiger partial charge on any atom is -0.494 e. The number of amides is 1. The SMILES string of the molecule is CCOc1ccc(-n2nc3cc(C)c(NC(=O)c4ccc(OC)c([N+](=O)[O-])c4)cc3n2)cc1. The quantitative estimate of drug-likeness (QED) is 0.331. The first kappa shape index (κ1) is 21.8. The van der Waals surface area contributed by atoms with Crippen LogP contribution in [0.15, 0.2) is 54.6 Å². The van der Waals surface area contributed by atoms with Gasteiger partial charge in [-0.25, -0.2) is 0 Å². The van der Waals surface area contributed by atoms with Gasteiger partial charge in [-0.15, -0.1) is 10.2 Å². The van der Waals surface area contributed by atoms with Crippen LogP contribution in [0.2, 0.25) is 0 Å². The largest absolute Gasteiger partial charge is 0.494 e. The van der Waals surface area contributed by atoms with Crippen LogP contribution >= 0.6 is 0 Å². The molecule has 168 valence electrons. The summed E-state index contributed by atoms with van der Waals surface area (Å²) in [5.41, 5.74) is 3.19. The molecule has 1 heterocycles. The van der Waals surface area contributed by atoms with E-state index in [2.05, 4.69) is 15.5 Å². The lowest BCUT2D eigenvalue weighted by Gasteiger charge is -2.09. The van der Waals surface area contributed by atoms with Crippen LogP contribution in [0.1, 0.15) is 22.8 Å². The Morgan fingerprint density at radius 3 is 2.42 bits per heavy atom. The van der Waals surface area contributed by atoms with Gasteiger partial charge in [-0.2, -0.15) is 4.80 Å². The third-order valence-electron chi connectivity index (χ3n) is 4.99. The van der Waals surface area contributed by atoms with Crippen LogP contribution in [-0.4, -0.2) is 39.5 Å². The summed E-state index contributed by atoms with van der Waals surface area (Å²) in [5.74, 6) is 0.361. The molecular weight excluding hydrogens is 426 g/mol. The number of carbonyl (C=O) groups is 1. The fourth-order valence-electron chi connectivity index (χ4n) is 3.33. The highest BCUT2D eigenvalue weighted by Crippen LogP contribution is 2.29. The third kappa shape index (κ3) is 4.45. The Morgan fingerprint density at radius 1 is 1.09 bits per heavy atom. The van der Waals surface area contributed by atoms with E-state index >= 15 is 0 Å². The van der Waals surface area contributed by atoms with E-state index in [0.29, 0.717) is 23.3 Å². The molecule has 0 saturated carbocycles. The van der Waals surface area contributed by atoms with Gasteiger partial charge < -0.3 is 14.8 Å². The Kier molecular flexibility index (Phi) is 5.90. The predicted molar refractivity (Wildman–Crippen MR) is 122 cm³/mol. The van der Waals surface area contributed by atoms with Crippen molar-refractivity contribution in [2.24, 2.45) is 0 Å². The summed E-state index contributed by atoms with van der Waals surface area (Å²) < 4.78 is 10.4. The van der Waals surface area contributed by atoms with Crippen LogP contribution in [-0.2, 0) is 0 Å². The minimum absolute atomic E-state index is 0.0834. The molecule has 0 bridgehead atoms. The second kappa shape index (κ2) is 8.95. The van der Waals surface area contributed by atoms with Crippen molar-refractivity contribution in [1.82, 2.24) is 15.0 Å². The van der Waals surface area contributed by atoms with Crippen molar-refractivity contribution in [3.63, 3.8) is 0 Å². The van der Waals surface area contributed by atoms with Crippen molar-refractivity contribution in [1.29, 1.82) is 0 Å². The molecule has 0 aliphatic carbocycles. The number of nitrogens with zero attached hydrogens (tertiary/aromatic N) is 4. The summed E-state index contributed by atoms with van der Waals surface area (Å²) in [6.45, 7) is 4.34. The zero-order valence-electron chi connectivity index (χ0n) is 18.2. The van der Waals surface area contributed by atoms with E-state index in [1.54, 1.807) is 6.07 Å². The second-order valence-corrected chi connectivity index (χ2v) is 7.17. The summed E-state index contributed by atoms with van der Waals surface area (Å²) in [5, 5.41) is 23.1. The van der Waals surface area contributed by atoms with Crippen molar-refractivity contribution in [2.75, 3.05) is 19.0 Å². The van der Waals surface area contributed by atoms with E-state index in [1.807, 2.05) is 44.2 Å². The number of aryl methyl sites for hydroxylation is 1. The third-order valence-corrected chi connectivity index (χ3v) is 4.99. The van der Waals surface area contributed by atoms with Crippen molar-refractivity contribution in [3.05, 3.63) is 75.8 Å². The highest BCUT2D eigenvalue weighted by Gasteiger charge is 2.19. The van der Waals surface area contributed by atoms with Crippen LogP contribution in [0.5, 0.6) is 11.5 Å². The molecule has 0 fully saturated rings. The number of rotatable bonds is 7. The zero-order chi connectivity index (χ0) is 23.5. The van der Waals surface area contributed by atoms with Crippen LogP contribution < -0.4 is 14.8 Å². The average molecular weight is 447 g/mol. The first-order valence-corrected chi connectivity index (χ1v) is 10.1. The summed E-state index contributed by atoms with van der Waals surface area (Å²) in [6.07, 6.45) is 0. The summed E-state index contributed by atoms with van der Waals surface area (Å²) in [6, 6.07) is 15.0. The van der Waals surface area contributed by atoms with Gasteiger partial charge >= 0.3 is 5.69 Å². The Morgan fingerprint density at radius 2 is 1.79 bits per heavy atom. The van der Waals surface area contributed by atoms with Crippen molar-refractivity contribution >= 4 is 28.3 Å². The highest BCUT2D eigenvalue weighted by molar-refractivity contribution is 6.06. The fraction of sp³-hybridized carbons (Fsp3) is 0.174. The number of ether oxygens (including phenoxy) is 2. The lowest BCUT2D eigenvalue weighted by Crippen LogP contribution is -2.13. The molecule has 0 unspecified atom stereocenters. The van der Waals surface area contributed by atoms with Gasteiger partial charge in [0.25, 0.3) is 5.91 Å². The second-order valence-electron chi connectivity index (χ2n) is 7.17. The lowest BCUT2D eigenvalue weighted by atomic mass is 10.1. The summed E-state index contributed by atoms with van der Waals surface area (Å²) in [4.78, 5) is 24.9. The Bertz CT molecular complexity index is 1350. The van der Waals surface area contributed by atoms with Crippen molar-refractivity contribution in [3.8, 4) is 17.2 Å². The number of carbonyl (C=O) groups excluding carboxylic acids is 1. The highest BCUT2D eigenvalue weighted by atomic mass is 16.6. The number of hydrogen-bond donors (Lipinski definition) is 1. The molecule has 1 aromatic heterocycles. The Labute approximate surface area is 188 Å². The molecule has 0 saturated heterocycles. The van der Waals surface area contributed by atoms with Gasteiger partial charge in [0.15, 0.2) is 5.75 Å². The van der Waals surface area contributed by atoms with Gasteiger partial charge in [0, 0.05) is 17.3 Å². The number of nitro groups is 1. The molecule has 0 radical (unpaired) electrons. The number of nitro benzene ring substituents is 1. The van der Waals surface area contributed by atoms with E-state index in [9.17, 15) is 14.9 Å². The molecule has 0 atom stereocenters. The molecule has 10 nitrogen and oxygen atoms in total. The molecule has 0 spiro atoms. The molecule has 0 aliphatic rings. The molecule has 4 aromatic rings. The van der Waals surface area contributed by atoms with Crippen LogP contribution in [0, 0.1) is 17.0 Å². The number of methoxy groups -OCH3 is 1. The van der Waals surface area contributed by atoms with Crippen LogP contribution in [0.4, 0.5) is 11.4 Å². The number of anilines is 1. The number of hydrogen-bond acceptors (Lipinski definition) is 7. The first-order valence-electron chi connectivity index (χ1n) is 10.1. The summed E-state index contributed by atoms with van der Waals surface area (Å²) in [7, 11) is 1.33. The van der Waals surface area contributed by atoms with E-state index in [4.69, 9.17) is 9.47 Å². The van der Waals surface area contributed by atoms with E-state index in [-0.39, 0.29) is 17.0 Å². The molecule has 1 N–H and O–H groups in total. The maximum absolute atomic E-state index is 12.8. The van der Waals surface area contributed by atoms with Gasteiger partial charge in [-0.05, 0) is 67.9 Å². The Balaban J connectivity index is 1.61. The van der Waals surface area contributed by atoms with Crippen LogP contribution in [0.25, 0.3) is 16.7 Å². The van der Waals surface area contributed by atoms with Crippen LogP contribution in [0.3, 0.4) is 0 Å². The molecule has 1 amide bonds. The van der Waals surface area contributed by atoms with E-state index < -0.39 is 10.8 Å². The molecular formula is C23H21N5O5. The molecule has 4 rings (SSSR count). The normalized spacial score (nSPS) is 10.8. The van der Waals surface area contributed by atoms with Crippen molar-refractivity contribution < 1.29 is 19.2 Å². The number of benzene rings is 3. The monoisotopic (exact) mass is 447 g/mol. The molecule has 10 heteroatoms. The smallest absolute Gasteiger partial charge is 0.311 e. The standard InChI is InChI=1S/C23H21N5O5/c1-4-33-17-8-6-16(7-9-17)27-25-19-11-14(2)18(13-20(19)26-27)24-23(29)15-5-10-22(32-3)21(12-15)28(30)31/h5-13H,4H2,1-3H3,(H,24,29). The van der Waals surface area contributed by atoms with Gasteiger partial charge in [-0.3, -0.25) is 14.9 Å². The van der Waals surface area contributed by atoms with Gasteiger partial charge in [0.05, 0.1) is 24.3 Å². The number of aromatic nitrogens is 3. The average Bonchev–Trinajstić information content (AvgIpc) is 3.22. The maximum atomic E-state index is 12.8. The Hall–Kier alpha value is -4.47. The van der Waals surface area contributed by atoms with E-state index in [0.717, 1.165) is 17.0 Å². The fourth-order valence-corrected chi connectivity index (χ4v) is 3.33. The van der Waals surface area contributed by atoms with Gasteiger partial charge in [0.1, 0.15) is 16.8 Å². The van der Waals surface area contributed by atoms with Gasteiger partial charge in [0.2, 0.25) is 0 Å². The first-order chi connectivity index (χ1) is 15.9. The number of nitrogens with one attached hydrogen (secondary N) is 1. The summed E-state index contributed by atoms with van der Waals surface area (Å²) >= 11 is 0. The zero-order valence-corrected chi connectivity index (χ0v) is 18.2. The van der Waals surface area contributed by atoms with Gasteiger partial charge in [-0.1, -0.05) is 0 Å². The maximum Gasteiger partial charge on any atom is 0.311 e. The molecule has 33 heavy (non-hydrogen) atoms. The van der Waals surface area contributed by atoms with Crippen molar-refractivity contribution in [2.45, 2.75) is 13.8 Å².